The number of hydrogen-bond donors (Lipinski definition) is 2. The van der Waals surface area contributed by atoms with Crippen molar-refractivity contribution in [3.05, 3.63) is 0 Å². The molecule has 0 unspecified atom stereocenters. The molecule has 5 heteroatoms. The molecular formula is C12H23N3O2. The zero-order chi connectivity index (χ0) is 12.7. The zero-order valence-electron chi connectivity index (χ0n) is 10.8. The third kappa shape index (κ3) is 5.68. The summed E-state index contributed by atoms with van der Waals surface area (Å²) >= 11 is 0. The highest BCUT2D eigenvalue weighted by Crippen LogP contribution is 2.25. The number of rotatable bonds is 7. The van der Waals surface area contributed by atoms with E-state index in [9.17, 15) is 9.59 Å². The molecule has 1 aliphatic rings. The summed E-state index contributed by atoms with van der Waals surface area (Å²) in [5.74, 6) is 0.0765. The molecule has 5 nitrogen and oxygen atoms in total. The Morgan fingerprint density at radius 1 is 1.24 bits per heavy atom. The molecule has 0 aliphatic heterocycles. The highest BCUT2D eigenvalue weighted by atomic mass is 16.2. The molecule has 0 aromatic carbocycles. The van der Waals surface area contributed by atoms with Gasteiger partial charge >= 0.3 is 0 Å². The quantitative estimate of drug-likeness (QED) is 0.615. The number of hydrogen-bond acceptors (Lipinski definition) is 3. The summed E-state index contributed by atoms with van der Waals surface area (Å²) in [5, 5.41) is 5.46. The van der Waals surface area contributed by atoms with E-state index in [2.05, 4.69) is 15.5 Å². The molecule has 98 valence electrons. The van der Waals surface area contributed by atoms with Crippen LogP contribution >= 0.6 is 0 Å². The lowest BCUT2D eigenvalue weighted by atomic mass is 9.85. The fourth-order valence-electron chi connectivity index (χ4n) is 1.67. The maximum absolute atomic E-state index is 11.5. The van der Waals surface area contributed by atoms with E-state index in [0.29, 0.717) is 6.54 Å². The Labute approximate surface area is 103 Å². The number of nitrogens with zero attached hydrogens (tertiary/aromatic N) is 1. The van der Waals surface area contributed by atoms with Crippen molar-refractivity contribution in [3.8, 4) is 0 Å². The molecule has 0 heterocycles. The highest BCUT2D eigenvalue weighted by molar-refractivity contribution is 5.86. The molecule has 2 N–H and O–H groups in total. The summed E-state index contributed by atoms with van der Waals surface area (Å²) in [6.07, 6.45) is 4.00. The maximum Gasteiger partial charge on any atom is 0.239 e. The van der Waals surface area contributed by atoms with Gasteiger partial charge in [-0.1, -0.05) is 6.42 Å². The monoisotopic (exact) mass is 241 g/mol. The van der Waals surface area contributed by atoms with Crippen molar-refractivity contribution < 1.29 is 9.59 Å². The van der Waals surface area contributed by atoms with Crippen molar-refractivity contribution in [2.45, 2.75) is 25.7 Å². The lowest BCUT2D eigenvalue weighted by Gasteiger charge is -2.23. The fraction of sp³-hybridized carbons (Fsp3) is 0.833. The van der Waals surface area contributed by atoms with Gasteiger partial charge in [-0.25, -0.2) is 0 Å². The van der Waals surface area contributed by atoms with Crippen molar-refractivity contribution >= 4 is 11.8 Å². The Hall–Kier alpha value is -1.10. The van der Waals surface area contributed by atoms with E-state index in [1.54, 1.807) is 0 Å². The number of nitrogens with one attached hydrogen (secondary N) is 2. The van der Waals surface area contributed by atoms with Crippen LogP contribution in [0.5, 0.6) is 0 Å². The lowest BCUT2D eigenvalue weighted by Crippen LogP contribution is -2.41. The van der Waals surface area contributed by atoms with Crippen molar-refractivity contribution in [1.29, 1.82) is 0 Å². The average Bonchev–Trinajstić information content (AvgIpc) is 2.18. The van der Waals surface area contributed by atoms with Gasteiger partial charge < -0.3 is 15.5 Å². The van der Waals surface area contributed by atoms with E-state index in [-0.39, 0.29) is 24.3 Å². The molecule has 1 fully saturated rings. The second kappa shape index (κ2) is 7.27. The van der Waals surface area contributed by atoms with E-state index in [0.717, 1.165) is 32.2 Å². The predicted octanol–water partition coefficient (Wildman–Crippen LogP) is -0.0294. The third-order valence-corrected chi connectivity index (χ3v) is 3.00. The molecule has 0 aromatic rings. The summed E-state index contributed by atoms with van der Waals surface area (Å²) in [5.41, 5.74) is 0. The summed E-state index contributed by atoms with van der Waals surface area (Å²) in [7, 11) is 4.00. The molecule has 0 bridgehead atoms. The van der Waals surface area contributed by atoms with E-state index < -0.39 is 0 Å². The van der Waals surface area contributed by atoms with Gasteiger partial charge in [0.05, 0.1) is 6.54 Å². The van der Waals surface area contributed by atoms with Crippen LogP contribution < -0.4 is 10.6 Å². The van der Waals surface area contributed by atoms with Crippen LogP contribution in [0.1, 0.15) is 25.7 Å². The Morgan fingerprint density at radius 3 is 2.47 bits per heavy atom. The maximum atomic E-state index is 11.5. The lowest BCUT2D eigenvalue weighted by molar-refractivity contribution is -0.130. The van der Waals surface area contributed by atoms with Gasteiger partial charge in [0.15, 0.2) is 0 Å². The van der Waals surface area contributed by atoms with Gasteiger partial charge in [0.2, 0.25) is 11.8 Å². The average molecular weight is 241 g/mol. The summed E-state index contributed by atoms with van der Waals surface area (Å²) < 4.78 is 0. The fourth-order valence-corrected chi connectivity index (χ4v) is 1.67. The van der Waals surface area contributed by atoms with E-state index in [4.69, 9.17) is 0 Å². The molecule has 1 rings (SSSR count). The minimum atomic E-state index is -0.101. The second-order valence-electron chi connectivity index (χ2n) is 4.85. The van der Waals surface area contributed by atoms with Gasteiger partial charge in [0.25, 0.3) is 0 Å². The van der Waals surface area contributed by atoms with Gasteiger partial charge in [0.1, 0.15) is 0 Å². The van der Waals surface area contributed by atoms with Crippen LogP contribution in [0.4, 0.5) is 0 Å². The first-order valence-electron chi connectivity index (χ1n) is 6.28. The Bertz CT molecular complexity index is 262. The van der Waals surface area contributed by atoms with Crippen molar-refractivity contribution in [1.82, 2.24) is 15.5 Å². The predicted molar refractivity (Wildman–Crippen MR) is 66.5 cm³/mol. The van der Waals surface area contributed by atoms with Gasteiger partial charge in [-0.3, -0.25) is 9.59 Å². The van der Waals surface area contributed by atoms with Gasteiger partial charge in [-0.15, -0.1) is 0 Å². The molecule has 1 aliphatic carbocycles. The topological polar surface area (TPSA) is 61.4 Å². The minimum Gasteiger partial charge on any atom is -0.355 e. The molecular weight excluding hydrogens is 218 g/mol. The van der Waals surface area contributed by atoms with Crippen molar-refractivity contribution in [2.75, 3.05) is 33.7 Å². The standard InChI is InChI=1S/C12H23N3O2/c1-15(2)8-4-7-13-11(16)9-14-12(17)10-5-3-6-10/h10H,3-9H2,1-2H3,(H,13,16)(H,14,17). The molecule has 1 saturated carbocycles. The number of carbonyl (C=O) groups excluding carboxylic acids is 2. The highest BCUT2D eigenvalue weighted by Gasteiger charge is 2.25. The first kappa shape index (κ1) is 14.0. The van der Waals surface area contributed by atoms with E-state index in [1.165, 1.54) is 0 Å². The molecule has 0 atom stereocenters. The summed E-state index contributed by atoms with van der Waals surface area (Å²) in [6.45, 7) is 1.72. The third-order valence-electron chi connectivity index (χ3n) is 3.00. The van der Waals surface area contributed by atoms with Crippen LogP contribution in [-0.4, -0.2) is 50.4 Å². The van der Waals surface area contributed by atoms with Crippen LogP contribution in [-0.2, 0) is 9.59 Å². The van der Waals surface area contributed by atoms with Crippen molar-refractivity contribution in [2.24, 2.45) is 5.92 Å². The van der Waals surface area contributed by atoms with Crippen molar-refractivity contribution in [3.63, 3.8) is 0 Å². The second-order valence-corrected chi connectivity index (χ2v) is 4.85. The SMILES string of the molecule is CN(C)CCCNC(=O)CNC(=O)C1CCC1. The summed E-state index contributed by atoms with van der Waals surface area (Å²) in [4.78, 5) is 24.9. The first-order chi connectivity index (χ1) is 8.09. The number of amides is 2. The van der Waals surface area contributed by atoms with E-state index >= 15 is 0 Å². The minimum absolute atomic E-state index is 0.0275. The summed E-state index contributed by atoms with van der Waals surface area (Å²) in [6, 6.07) is 0. The van der Waals surface area contributed by atoms with Gasteiger partial charge in [-0.2, -0.15) is 0 Å². The normalized spacial score (nSPS) is 15.5. The Balaban J connectivity index is 1.98. The Morgan fingerprint density at radius 2 is 1.94 bits per heavy atom. The van der Waals surface area contributed by atoms with Crippen LogP contribution in [0.2, 0.25) is 0 Å². The van der Waals surface area contributed by atoms with Crippen LogP contribution in [0.25, 0.3) is 0 Å². The van der Waals surface area contributed by atoms with Crippen LogP contribution in [0.15, 0.2) is 0 Å². The molecule has 17 heavy (non-hydrogen) atoms. The molecule has 2 amide bonds. The first-order valence-corrected chi connectivity index (χ1v) is 6.28. The number of carbonyl (C=O) groups is 2. The van der Waals surface area contributed by atoms with Gasteiger partial charge in [-0.05, 0) is 39.9 Å². The molecule has 0 aromatic heterocycles. The smallest absolute Gasteiger partial charge is 0.239 e. The Kier molecular flexibility index (Phi) is 5.97. The molecule has 0 radical (unpaired) electrons. The van der Waals surface area contributed by atoms with Crippen LogP contribution in [0, 0.1) is 5.92 Å². The van der Waals surface area contributed by atoms with Gasteiger partial charge in [0, 0.05) is 12.5 Å². The molecule has 0 spiro atoms. The van der Waals surface area contributed by atoms with Crippen LogP contribution in [0.3, 0.4) is 0 Å². The van der Waals surface area contributed by atoms with E-state index in [1.807, 2.05) is 14.1 Å². The zero-order valence-corrected chi connectivity index (χ0v) is 10.8. The largest absolute Gasteiger partial charge is 0.355 e. The molecule has 0 saturated heterocycles.